The maximum atomic E-state index is 5.83. The van der Waals surface area contributed by atoms with Gasteiger partial charge in [0.15, 0.2) is 0 Å². The molecular weight excluding hydrogens is 268 g/mol. The van der Waals surface area contributed by atoms with E-state index >= 15 is 0 Å². The average molecular weight is 293 g/mol. The monoisotopic (exact) mass is 292 g/mol. The van der Waals surface area contributed by atoms with E-state index in [0.29, 0.717) is 6.04 Å². The molecule has 0 amide bonds. The molecule has 0 radical (unpaired) electrons. The molecule has 2 nitrogen and oxygen atoms in total. The van der Waals surface area contributed by atoms with Crippen LogP contribution in [0.25, 0.3) is 0 Å². The highest BCUT2D eigenvalue weighted by Gasteiger charge is 2.33. The lowest BCUT2D eigenvalue weighted by atomic mass is 9.94. The molecule has 0 bridgehead atoms. The van der Waals surface area contributed by atoms with Gasteiger partial charge >= 0.3 is 0 Å². The molecule has 1 heterocycles. The minimum absolute atomic E-state index is 0.175. The number of nitrogens with one attached hydrogen (secondary N) is 1. The number of benzene rings is 1. The van der Waals surface area contributed by atoms with Gasteiger partial charge in [-0.3, -0.25) is 4.90 Å². The van der Waals surface area contributed by atoms with Gasteiger partial charge in [-0.05, 0) is 38.3 Å². The Bertz CT molecular complexity index is 453. The molecule has 1 atom stereocenters. The molecule has 110 valence electrons. The molecule has 20 heavy (non-hydrogen) atoms. The summed E-state index contributed by atoms with van der Waals surface area (Å²) < 4.78 is 0. The summed E-state index contributed by atoms with van der Waals surface area (Å²) in [6.07, 6.45) is 1.08. The van der Waals surface area contributed by atoms with E-state index in [0.717, 1.165) is 26.1 Å². The fourth-order valence-corrected chi connectivity index (χ4v) is 2.80. The van der Waals surface area contributed by atoms with Crippen LogP contribution in [0.2, 0.25) is 0 Å². The van der Waals surface area contributed by atoms with E-state index in [4.69, 9.17) is 11.6 Å². The van der Waals surface area contributed by atoms with Crippen LogP contribution in [0, 0.1) is 0 Å². The highest BCUT2D eigenvalue weighted by atomic mass is 35.5. The SMILES string of the molecule is C/C(=C/Cl)CN1CC(Cc2ccccc2)NCC1(C)C. The minimum Gasteiger partial charge on any atom is -0.311 e. The Morgan fingerprint density at radius 1 is 1.40 bits per heavy atom. The van der Waals surface area contributed by atoms with Gasteiger partial charge in [0, 0.05) is 36.8 Å². The largest absolute Gasteiger partial charge is 0.311 e. The summed E-state index contributed by atoms with van der Waals surface area (Å²) in [4.78, 5) is 2.53. The Hall–Kier alpha value is -0.830. The average Bonchev–Trinajstić information content (AvgIpc) is 2.44. The number of nitrogens with zero attached hydrogens (tertiary/aromatic N) is 1. The topological polar surface area (TPSA) is 15.3 Å². The van der Waals surface area contributed by atoms with Gasteiger partial charge in [-0.25, -0.2) is 0 Å². The summed E-state index contributed by atoms with van der Waals surface area (Å²) >= 11 is 5.83. The Labute approximate surface area is 127 Å². The van der Waals surface area contributed by atoms with Crippen LogP contribution in [0.3, 0.4) is 0 Å². The molecule has 1 aromatic carbocycles. The third-order valence-corrected chi connectivity index (χ3v) is 4.44. The number of hydrogen-bond donors (Lipinski definition) is 1. The third kappa shape index (κ3) is 4.08. The Morgan fingerprint density at radius 3 is 2.75 bits per heavy atom. The van der Waals surface area contributed by atoms with Crippen molar-refractivity contribution in [3.05, 3.63) is 47.0 Å². The summed E-state index contributed by atoms with van der Waals surface area (Å²) in [6, 6.07) is 11.2. The van der Waals surface area contributed by atoms with E-state index in [9.17, 15) is 0 Å². The number of piperazine rings is 1. The van der Waals surface area contributed by atoms with E-state index < -0.39 is 0 Å². The molecule has 0 aromatic heterocycles. The maximum absolute atomic E-state index is 5.83. The molecule has 1 N–H and O–H groups in total. The molecule has 0 aliphatic carbocycles. The van der Waals surface area contributed by atoms with Crippen LogP contribution in [0.4, 0.5) is 0 Å². The molecule has 2 rings (SSSR count). The van der Waals surface area contributed by atoms with E-state index in [2.05, 4.69) is 61.3 Å². The second-order valence-corrected chi connectivity index (χ2v) is 6.63. The summed E-state index contributed by atoms with van der Waals surface area (Å²) in [5, 5.41) is 3.68. The predicted octanol–water partition coefficient (Wildman–Crippen LogP) is 3.42. The zero-order chi connectivity index (χ0) is 14.6. The predicted molar refractivity (Wildman–Crippen MR) is 87.2 cm³/mol. The first-order chi connectivity index (χ1) is 9.51. The van der Waals surface area contributed by atoms with E-state index in [-0.39, 0.29) is 5.54 Å². The smallest absolute Gasteiger partial charge is 0.0281 e. The number of rotatable bonds is 4. The van der Waals surface area contributed by atoms with E-state index in [1.807, 2.05) is 0 Å². The second kappa shape index (κ2) is 6.75. The standard InChI is InChI=1S/C17H25ClN2/c1-14(10-18)11-20-12-16(19-13-17(20,2)3)9-15-7-5-4-6-8-15/h4-8,10,16,19H,9,11-13H2,1-3H3/b14-10-. The van der Waals surface area contributed by atoms with Crippen molar-refractivity contribution in [3.8, 4) is 0 Å². The second-order valence-electron chi connectivity index (χ2n) is 6.42. The molecular formula is C17H25ClN2. The maximum Gasteiger partial charge on any atom is 0.0281 e. The van der Waals surface area contributed by atoms with Gasteiger partial charge in [0.1, 0.15) is 0 Å². The Morgan fingerprint density at radius 2 is 2.10 bits per heavy atom. The van der Waals surface area contributed by atoms with Crippen molar-refractivity contribution in [2.45, 2.75) is 38.8 Å². The van der Waals surface area contributed by atoms with Crippen molar-refractivity contribution in [1.29, 1.82) is 0 Å². The van der Waals surface area contributed by atoms with Crippen LogP contribution >= 0.6 is 11.6 Å². The van der Waals surface area contributed by atoms with Gasteiger partial charge in [0.25, 0.3) is 0 Å². The van der Waals surface area contributed by atoms with Crippen molar-refractivity contribution in [3.63, 3.8) is 0 Å². The highest BCUT2D eigenvalue weighted by molar-refractivity contribution is 6.25. The zero-order valence-corrected chi connectivity index (χ0v) is 13.5. The van der Waals surface area contributed by atoms with Gasteiger partial charge in [-0.1, -0.05) is 41.9 Å². The quantitative estimate of drug-likeness (QED) is 0.915. The molecule has 0 saturated carbocycles. The summed E-state index contributed by atoms with van der Waals surface area (Å²) in [6.45, 7) is 9.70. The molecule has 1 unspecified atom stereocenters. The highest BCUT2D eigenvalue weighted by Crippen LogP contribution is 2.21. The first-order valence-corrected chi connectivity index (χ1v) is 7.73. The van der Waals surface area contributed by atoms with Crippen molar-refractivity contribution in [1.82, 2.24) is 10.2 Å². The lowest BCUT2D eigenvalue weighted by Crippen LogP contribution is -2.62. The number of hydrogen-bond acceptors (Lipinski definition) is 2. The first kappa shape index (κ1) is 15.6. The summed E-state index contributed by atoms with van der Waals surface area (Å²) in [5.74, 6) is 0. The van der Waals surface area contributed by atoms with E-state index in [1.165, 1.54) is 11.1 Å². The fraction of sp³-hybridized carbons (Fsp3) is 0.529. The van der Waals surface area contributed by atoms with Crippen LogP contribution in [-0.4, -0.2) is 36.1 Å². The van der Waals surface area contributed by atoms with Gasteiger partial charge in [0.05, 0.1) is 0 Å². The molecule has 1 saturated heterocycles. The molecule has 1 aromatic rings. The summed E-state index contributed by atoms with van der Waals surface area (Å²) in [7, 11) is 0. The number of halogens is 1. The van der Waals surface area contributed by atoms with Crippen molar-refractivity contribution in [2.75, 3.05) is 19.6 Å². The molecule has 0 spiro atoms. The third-order valence-electron chi connectivity index (χ3n) is 4.07. The van der Waals surface area contributed by atoms with Crippen molar-refractivity contribution >= 4 is 11.6 Å². The minimum atomic E-state index is 0.175. The van der Waals surface area contributed by atoms with Crippen LogP contribution in [-0.2, 0) is 6.42 Å². The lowest BCUT2D eigenvalue weighted by molar-refractivity contribution is 0.0759. The molecule has 1 fully saturated rings. The first-order valence-electron chi connectivity index (χ1n) is 7.29. The van der Waals surface area contributed by atoms with Gasteiger partial charge < -0.3 is 5.32 Å². The van der Waals surface area contributed by atoms with Gasteiger partial charge in [0.2, 0.25) is 0 Å². The van der Waals surface area contributed by atoms with Crippen LogP contribution < -0.4 is 5.32 Å². The Balaban J connectivity index is 2.01. The van der Waals surface area contributed by atoms with Crippen LogP contribution in [0.5, 0.6) is 0 Å². The van der Waals surface area contributed by atoms with E-state index in [1.54, 1.807) is 5.54 Å². The fourth-order valence-electron chi connectivity index (χ4n) is 2.73. The lowest BCUT2D eigenvalue weighted by Gasteiger charge is -2.46. The molecule has 1 aliphatic rings. The normalized spacial score (nSPS) is 23.8. The van der Waals surface area contributed by atoms with Crippen LogP contribution in [0.15, 0.2) is 41.4 Å². The zero-order valence-electron chi connectivity index (χ0n) is 12.7. The van der Waals surface area contributed by atoms with Crippen LogP contribution in [0.1, 0.15) is 26.3 Å². The van der Waals surface area contributed by atoms with Gasteiger partial charge in [-0.15, -0.1) is 0 Å². The molecule has 3 heteroatoms. The van der Waals surface area contributed by atoms with Crippen molar-refractivity contribution < 1.29 is 0 Å². The summed E-state index contributed by atoms with van der Waals surface area (Å²) in [5.41, 5.74) is 4.49. The van der Waals surface area contributed by atoms with Gasteiger partial charge in [-0.2, -0.15) is 0 Å². The molecule has 1 aliphatic heterocycles. The van der Waals surface area contributed by atoms with Crippen molar-refractivity contribution in [2.24, 2.45) is 0 Å². The Kier molecular flexibility index (Phi) is 5.25.